The first kappa shape index (κ1) is 13.6. The van der Waals surface area contributed by atoms with Crippen molar-refractivity contribution in [3.63, 3.8) is 0 Å². The summed E-state index contributed by atoms with van der Waals surface area (Å²) in [5, 5.41) is 3.36. The standard InChI is InChI=1S/C9H22NOPS/c1-8(2,3)10-12(7,13)11-9(4,5)6/h1-7H3,(H,10,13). The fourth-order valence-corrected chi connectivity index (χ4v) is 4.96. The molecular formula is C9H22NOPS. The zero-order valence-electron chi connectivity index (χ0n) is 9.76. The molecule has 2 nitrogen and oxygen atoms in total. The van der Waals surface area contributed by atoms with Gasteiger partial charge in [-0.2, -0.15) is 0 Å². The molecule has 0 aliphatic carbocycles. The molecule has 0 fully saturated rings. The third-order valence-electron chi connectivity index (χ3n) is 0.987. The highest BCUT2D eigenvalue weighted by Gasteiger charge is 2.24. The molecule has 13 heavy (non-hydrogen) atoms. The van der Waals surface area contributed by atoms with Crippen LogP contribution in [-0.4, -0.2) is 17.8 Å². The van der Waals surface area contributed by atoms with Crippen molar-refractivity contribution in [1.82, 2.24) is 5.09 Å². The Bertz CT molecular complexity index is 195. The van der Waals surface area contributed by atoms with Crippen molar-refractivity contribution >= 4 is 18.2 Å². The molecule has 0 aliphatic heterocycles. The molecule has 0 rings (SSSR count). The Morgan fingerprint density at radius 1 is 1.08 bits per heavy atom. The molecule has 0 spiro atoms. The van der Waals surface area contributed by atoms with Gasteiger partial charge in [-0.3, -0.25) is 5.09 Å². The molecule has 0 saturated heterocycles. The second kappa shape index (κ2) is 3.98. The minimum atomic E-state index is -1.85. The first-order valence-corrected chi connectivity index (χ1v) is 7.66. The molecule has 0 aromatic heterocycles. The van der Waals surface area contributed by atoms with Crippen molar-refractivity contribution in [1.29, 1.82) is 0 Å². The van der Waals surface area contributed by atoms with Crippen LogP contribution in [-0.2, 0) is 16.3 Å². The van der Waals surface area contributed by atoms with Gasteiger partial charge in [-0.25, -0.2) is 0 Å². The van der Waals surface area contributed by atoms with Crippen LogP contribution in [0.15, 0.2) is 0 Å². The van der Waals surface area contributed by atoms with Gasteiger partial charge in [0, 0.05) is 12.2 Å². The van der Waals surface area contributed by atoms with Crippen molar-refractivity contribution in [2.24, 2.45) is 0 Å². The number of hydrogen-bond donors (Lipinski definition) is 1. The monoisotopic (exact) mass is 223 g/mol. The Hall–Kier alpha value is 0.570. The number of nitrogens with one attached hydrogen (secondary N) is 1. The topological polar surface area (TPSA) is 21.3 Å². The summed E-state index contributed by atoms with van der Waals surface area (Å²) in [6, 6.07) is 0. The Morgan fingerprint density at radius 2 is 1.46 bits per heavy atom. The Morgan fingerprint density at radius 3 is 1.69 bits per heavy atom. The van der Waals surface area contributed by atoms with E-state index >= 15 is 0 Å². The van der Waals surface area contributed by atoms with Crippen molar-refractivity contribution < 1.29 is 4.52 Å². The summed E-state index contributed by atoms with van der Waals surface area (Å²) in [7, 11) is 0. The van der Waals surface area contributed by atoms with E-state index < -0.39 is 6.42 Å². The van der Waals surface area contributed by atoms with Crippen LogP contribution in [0.25, 0.3) is 0 Å². The molecule has 1 atom stereocenters. The Kier molecular flexibility index (Phi) is 4.15. The Balaban J connectivity index is 4.35. The van der Waals surface area contributed by atoms with Gasteiger partial charge in [0.25, 0.3) is 0 Å². The van der Waals surface area contributed by atoms with Gasteiger partial charge in [-0.1, -0.05) is 11.8 Å². The maximum atomic E-state index is 5.82. The van der Waals surface area contributed by atoms with Gasteiger partial charge < -0.3 is 4.52 Å². The van der Waals surface area contributed by atoms with Crippen LogP contribution >= 0.6 is 6.42 Å². The van der Waals surface area contributed by atoms with Gasteiger partial charge >= 0.3 is 0 Å². The lowest BCUT2D eigenvalue weighted by Crippen LogP contribution is -2.35. The maximum absolute atomic E-state index is 5.82. The molecule has 0 aromatic rings. The van der Waals surface area contributed by atoms with E-state index in [4.69, 9.17) is 16.3 Å². The summed E-state index contributed by atoms with van der Waals surface area (Å²) >= 11 is 5.42. The summed E-state index contributed by atoms with van der Waals surface area (Å²) in [4.78, 5) is 0. The van der Waals surface area contributed by atoms with E-state index in [0.29, 0.717) is 0 Å². The molecule has 0 saturated carbocycles. The smallest absolute Gasteiger partial charge is 0.127 e. The predicted molar refractivity (Wildman–Crippen MR) is 63.9 cm³/mol. The van der Waals surface area contributed by atoms with Gasteiger partial charge in [0.1, 0.15) is 6.42 Å². The van der Waals surface area contributed by atoms with Crippen LogP contribution in [0.3, 0.4) is 0 Å². The normalized spacial score (nSPS) is 18.4. The molecule has 80 valence electrons. The molecule has 1 unspecified atom stereocenters. The van der Waals surface area contributed by atoms with Gasteiger partial charge in [0.2, 0.25) is 0 Å². The number of rotatable bonds is 2. The molecule has 0 aromatic carbocycles. The fourth-order valence-electron chi connectivity index (χ4n) is 1.15. The zero-order valence-corrected chi connectivity index (χ0v) is 11.5. The average molecular weight is 223 g/mol. The third kappa shape index (κ3) is 8.89. The second-order valence-electron chi connectivity index (χ2n) is 5.41. The van der Waals surface area contributed by atoms with Crippen LogP contribution in [0.5, 0.6) is 0 Å². The first-order valence-electron chi connectivity index (χ1n) is 4.49. The van der Waals surface area contributed by atoms with Crippen LogP contribution in [0.1, 0.15) is 41.5 Å². The summed E-state index contributed by atoms with van der Waals surface area (Å²) < 4.78 is 5.82. The van der Waals surface area contributed by atoms with E-state index in [1.54, 1.807) is 0 Å². The van der Waals surface area contributed by atoms with Gasteiger partial charge in [0.15, 0.2) is 0 Å². The minimum Gasteiger partial charge on any atom is -0.332 e. The predicted octanol–water partition coefficient (Wildman–Crippen LogP) is 3.13. The molecule has 0 radical (unpaired) electrons. The van der Waals surface area contributed by atoms with Crippen LogP contribution in [0.4, 0.5) is 0 Å². The van der Waals surface area contributed by atoms with E-state index in [1.807, 2.05) is 27.4 Å². The zero-order chi connectivity index (χ0) is 10.9. The summed E-state index contributed by atoms with van der Waals surface area (Å²) in [5.41, 5.74) is -0.141. The highest BCUT2D eigenvalue weighted by atomic mass is 32.4. The molecular weight excluding hydrogens is 201 g/mol. The van der Waals surface area contributed by atoms with Gasteiger partial charge in [-0.15, -0.1) is 0 Å². The summed E-state index contributed by atoms with van der Waals surface area (Å²) in [6.07, 6.45) is -1.85. The van der Waals surface area contributed by atoms with Crippen LogP contribution in [0.2, 0.25) is 0 Å². The van der Waals surface area contributed by atoms with E-state index in [-0.39, 0.29) is 11.1 Å². The summed E-state index contributed by atoms with van der Waals surface area (Å²) in [6.45, 7) is 14.4. The fraction of sp³-hybridized carbons (Fsp3) is 1.00. The molecule has 0 heterocycles. The largest absolute Gasteiger partial charge is 0.332 e. The van der Waals surface area contributed by atoms with Crippen molar-refractivity contribution in [3.8, 4) is 0 Å². The van der Waals surface area contributed by atoms with E-state index in [0.717, 1.165) is 0 Å². The van der Waals surface area contributed by atoms with Crippen molar-refractivity contribution in [2.75, 3.05) is 6.66 Å². The van der Waals surface area contributed by atoms with E-state index in [1.165, 1.54) is 0 Å². The molecule has 0 aliphatic rings. The maximum Gasteiger partial charge on any atom is 0.127 e. The second-order valence-corrected chi connectivity index (χ2v) is 9.60. The molecule has 0 bridgehead atoms. The highest BCUT2D eigenvalue weighted by molar-refractivity contribution is 8.11. The molecule has 4 heteroatoms. The first-order chi connectivity index (χ1) is 5.41. The summed E-state index contributed by atoms with van der Waals surface area (Å²) in [5.74, 6) is 0. The van der Waals surface area contributed by atoms with Crippen LogP contribution < -0.4 is 5.09 Å². The van der Waals surface area contributed by atoms with Crippen LogP contribution in [0, 0.1) is 0 Å². The van der Waals surface area contributed by atoms with Crippen molar-refractivity contribution in [2.45, 2.75) is 52.7 Å². The van der Waals surface area contributed by atoms with Crippen molar-refractivity contribution in [3.05, 3.63) is 0 Å². The van der Waals surface area contributed by atoms with Gasteiger partial charge in [-0.05, 0) is 41.5 Å². The van der Waals surface area contributed by atoms with E-state index in [9.17, 15) is 0 Å². The Labute approximate surface area is 87.6 Å². The lowest BCUT2D eigenvalue weighted by molar-refractivity contribution is 0.146. The molecule has 1 N–H and O–H groups in total. The average Bonchev–Trinajstić information content (AvgIpc) is 1.43. The minimum absolute atomic E-state index is 0.0233. The third-order valence-corrected chi connectivity index (χ3v) is 3.46. The highest BCUT2D eigenvalue weighted by Crippen LogP contribution is 2.44. The van der Waals surface area contributed by atoms with Gasteiger partial charge in [0.05, 0.1) is 5.60 Å². The lowest BCUT2D eigenvalue weighted by Gasteiger charge is -2.33. The lowest BCUT2D eigenvalue weighted by atomic mass is 10.1. The number of hydrogen-bond acceptors (Lipinski definition) is 2. The molecule has 0 amide bonds. The SMILES string of the molecule is CC(C)(C)NP(C)(=S)OC(C)(C)C. The van der Waals surface area contributed by atoms with E-state index in [2.05, 4.69) is 25.9 Å². The quantitative estimate of drug-likeness (QED) is 0.727.